The van der Waals surface area contributed by atoms with E-state index in [2.05, 4.69) is 46.7 Å². The molecule has 0 amide bonds. The number of rotatable bonds is 7. The van der Waals surface area contributed by atoms with Gasteiger partial charge in [-0.1, -0.05) is 42.5 Å². The molecule has 2 aromatic rings. The van der Waals surface area contributed by atoms with Crippen LogP contribution in [0.15, 0.2) is 53.5 Å². The van der Waals surface area contributed by atoms with Crippen LogP contribution < -0.4 is 10.6 Å². The van der Waals surface area contributed by atoms with Crippen molar-refractivity contribution < 1.29 is 9.13 Å². The van der Waals surface area contributed by atoms with Crippen molar-refractivity contribution in [1.29, 1.82) is 0 Å². The minimum absolute atomic E-state index is 0.120. The van der Waals surface area contributed by atoms with Crippen molar-refractivity contribution in [2.24, 2.45) is 4.99 Å². The number of halogens is 1. The molecule has 2 atom stereocenters. The zero-order chi connectivity index (χ0) is 20.8. The highest BCUT2D eigenvalue weighted by Gasteiger charge is 2.40. The number of nitrogens with zero attached hydrogens (tertiary/aromatic N) is 2. The summed E-state index contributed by atoms with van der Waals surface area (Å²) in [6.45, 7) is 7.95. The summed E-state index contributed by atoms with van der Waals surface area (Å²) in [5.41, 5.74) is 3.35. The summed E-state index contributed by atoms with van der Waals surface area (Å²) in [4.78, 5) is 7.25. The molecular formula is C24H31FN4O. The Morgan fingerprint density at radius 2 is 1.83 bits per heavy atom. The quantitative estimate of drug-likeness (QED) is 0.543. The molecule has 1 saturated carbocycles. The van der Waals surface area contributed by atoms with Crippen LogP contribution in [0.3, 0.4) is 0 Å². The molecule has 2 aromatic carbocycles. The van der Waals surface area contributed by atoms with Gasteiger partial charge in [-0.2, -0.15) is 0 Å². The third-order valence-electron chi connectivity index (χ3n) is 5.79. The van der Waals surface area contributed by atoms with Crippen molar-refractivity contribution in [2.75, 3.05) is 32.8 Å². The lowest BCUT2D eigenvalue weighted by Gasteiger charge is -2.27. The molecule has 4 rings (SSSR count). The standard InChI is InChI=1S/C24H31FN4O/c1-2-26-24(28-23-15-21(23)20-9-5-6-10-22(20)25)27-16-18-7-3-4-8-19(18)17-29-11-13-30-14-12-29/h3-10,21,23H,2,11-17H2,1H3,(H2,26,27,28). The van der Waals surface area contributed by atoms with Crippen LogP contribution in [-0.4, -0.2) is 49.7 Å². The van der Waals surface area contributed by atoms with Crippen LogP contribution in [0.4, 0.5) is 4.39 Å². The number of guanidine groups is 1. The second kappa shape index (κ2) is 10.0. The molecule has 1 aliphatic carbocycles. The van der Waals surface area contributed by atoms with E-state index in [1.54, 1.807) is 6.07 Å². The molecule has 30 heavy (non-hydrogen) atoms. The molecule has 0 aromatic heterocycles. The number of benzene rings is 2. The predicted octanol–water partition coefficient (Wildman–Crippen LogP) is 3.27. The van der Waals surface area contributed by atoms with Crippen molar-refractivity contribution in [3.05, 3.63) is 71.0 Å². The van der Waals surface area contributed by atoms with Crippen LogP contribution in [0.2, 0.25) is 0 Å². The first-order valence-electron chi connectivity index (χ1n) is 10.9. The van der Waals surface area contributed by atoms with Crippen molar-refractivity contribution in [3.63, 3.8) is 0 Å². The van der Waals surface area contributed by atoms with Crippen LogP contribution in [0, 0.1) is 5.82 Å². The fraction of sp³-hybridized carbons (Fsp3) is 0.458. The first-order valence-corrected chi connectivity index (χ1v) is 10.9. The summed E-state index contributed by atoms with van der Waals surface area (Å²) in [5, 5.41) is 6.81. The third-order valence-corrected chi connectivity index (χ3v) is 5.79. The Morgan fingerprint density at radius 1 is 1.10 bits per heavy atom. The summed E-state index contributed by atoms with van der Waals surface area (Å²) in [6, 6.07) is 15.8. The lowest BCUT2D eigenvalue weighted by Crippen LogP contribution is -2.39. The predicted molar refractivity (Wildman–Crippen MR) is 118 cm³/mol. The van der Waals surface area contributed by atoms with Crippen LogP contribution >= 0.6 is 0 Å². The molecule has 1 saturated heterocycles. The topological polar surface area (TPSA) is 48.9 Å². The van der Waals surface area contributed by atoms with E-state index in [9.17, 15) is 4.39 Å². The van der Waals surface area contributed by atoms with Gasteiger partial charge in [0.1, 0.15) is 5.82 Å². The van der Waals surface area contributed by atoms with Gasteiger partial charge in [0.25, 0.3) is 0 Å². The van der Waals surface area contributed by atoms with E-state index < -0.39 is 0 Å². The maximum absolute atomic E-state index is 14.1. The zero-order valence-corrected chi connectivity index (χ0v) is 17.6. The Hall–Kier alpha value is -2.44. The van der Waals surface area contributed by atoms with E-state index in [4.69, 9.17) is 9.73 Å². The second-order valence-corrected chi connectivity index (χ2v) is 7.97. The van der Waals surface area contributed by atoms with Gasteiger partial charge in [0, 0.05) is 38.1 Å². The van der Waals surface area contributed by atoms with E-state index in [-0.39, 0.29) is 17.8 Å². The Balaban J connectivity index is 1.39. The number of hydrogen-bond donors (Lipinski definition) is 2. The largest absolute Gasteiger partial charge is 0.379 e. The van der Waals surface area contributed by atoms with Crippen LogP contribution in [0.25, 0.3) is 0 Å². The lowest BCUT2D eigenvalue weighted by atomic mass is 10.1. The summed E-state index contributed by atoms with van der Waals surface area (Å²) in [7, 11) is 0. The summed E-state index contributed by atoms with van der Waals surface area (Å²) in [5.74, 6) is 0.886. The van der Waals surface area contributed by atoms with E-state index in [1.807, 2.05) is 12.1 Å². The highest BCUT2D eigenvalue weighted by Crippen LogP contribution is 2.41. The first-order chi connectivity index (χ1) is 14.7. The van der Waals surface area contributed by atoms with Crippen molar-refractivity contribution in [1.82, 2.24) is 15.5 Å². The average molecular weight is 411 g/mol. The highest BCUT2D eigenvalue weighted by molar-refractivity contribution is 5.80. The summed E-state index contributed by atoms with van der Waals surface area (Å²) >= 11 is 0. The van der Waals surface area contributed by atoms with Crippen molar-refractivity contribution >= 4 is 5.96 Å². The molecule has 6 heteroatoms. The van der Waals surface area contributed by atoms with E-state index >= 15 is 0 Å². The van der Waals surface area contributed by atoms with Gasteiger partial charge in [0.15, 0.2) is 5.96 Å². The van der Waals surface area contributed by atoms with Gasteiger partial charge in [-0.05, 0) is 36.1 Å². The monoisotopic (exact) mass is 410 g/mol. The van der Waals surface area contributed by atoms with Crippen LogP contribution in [0.1, 0.15) is 36.0 Å². The SMILES string of the molecule is CCNC(=NCc1ccccc1CN1CCOCC1)NC1CC1c1ccccc1F. The zero-order valence-electron chi connectivity index (χ0n) is 17.6. The minimum Gasteiger partial charge on any atom is -0.379 e. The molecule has 1 aliphatic heterocycles. The molecule has 1 heterocycles. The summed E-state index contributed by atoms with van der Waals surface area (Å²) < 4.78 is 19.5. The molecule has 5 nitrogen and oxygen atoms in total. The molecule has 0 bridgehead atoms. The van der Waals surface area contributed by atoms with Gasteiger partial charge in [-0.3, -0.25) is 4.90 Å². The van der Waals surface area contributed by atoms with Crippen molar-refractivity contribution in [2.45, 2.75) is 38.4 Å². The van der Waals surface area contributed by atoms with Crippen LogP contribution in [-0.2, 0) is 17.8 Å². The number of morpholine rings is 1. The molecule has 2 unspecified atom stereocenters. The van der Waals surface area contributed by atoms with Gasteiger partial charge >= 0.3 is 0 Å². The van der Waals surface area contributed by atoms with Crippen LogP contribution in [0.5, 0.6) is 0 Å². The first kappa shape index (κ1) is 20.8. The maximum atomic E-state index is 14.1. The van der Waals surface area contributed by atoms with Crippen molar-refractivity contribution in [3.8, 4) is 0 Å². The normalized spacial score (nSPS) is 22.0. The molecule has 2 fully saturated rings. The second-order valence-electron chi connectivity index (χ2n) is 7.97. The van der Waals surface area contributed by atoms with Gasteiger partial charge in [0.05, 0.1) is 19.8 Å². The lowest BCUT2D eigenvalue weighted by molar-refractivity contribution is 0.0341. The highest BCUT2D eigenvalue weighted by atomic mass is 19.1. The Morgan fingerprint density at radius 3 is 2.60 bits per heavy atom. The van der Waals surface area contributed by atoms with Gasteiger partial charge in [0.2, 0.25) is 0 Å². The van der Waals surface area contributed by atoms with E-state index in [1.165, 1.54) is 17.2 Å². The molecule has 160 valence electrons. The Bertz CT molecular complexity index is 866. The van der Waals surface area contributed by atoms with Gasteiger partial charge < -0.3 is 15.4 Å². The molecular weight excluding hydrogens is 379 g/mol. The third kappa shape index (κ3) is 5.37. The van der Waals surface area contributed by atoms with Gasteiger partial charge in [-0.25, -0.2) is 9.38 Å². The van der Waals surface area contributed by atoms with Gasteiger partial charge in [-0.15, -0.1) is 0 Å². The Kier molecular flexibility index (Phi) is 6.97. The molecule has 2 aliphatic rings. The van der Waals surface area contributed by atoms with E-state index in [0.29, 0.717) is 6.54 Å². The maximum Gasteiger partial charge on any atom is 0.191 e. The smallest absolute Gasteiger partial charge is 0.191 e. The average Bonchev–Trinajstić information content (AvgIpc) is 3.53. The number of ether oxygens (including phenoxy) is 1. The number of nitrogens with one attached hydrogen (secondary N) is 2. The molecule has 0 radical (unpaired) electrons. The summed E-state index contributed by atoms with van der Waals surface area (Å²) in [6.07, 6.45) is 0.930. The fourth-order valence-electron chi connectivity index (χ4n) is 4.00. The fourth-order valence-corrected chi connectivity index (χ4v) is 4.00. The molecule has 2 N–H and O–H groups in total. The van der Waals surface area contributed by atoms with E-state index in [0.717, 1.165) is 57.3 Å². The Labute approximate surface area is 178 Å². The number of hydrogen-bond acceptors (Lipinski definition) is 3. The molecule has 0 spiro atoms. The minimum atomic E-state index is -0.120. The number of aliphatic imine (C=N–C) groups is 1.